The highest BCUT2D eigenvalue weighted by Gasteiger charge is 2.24. The molecule has 0 atom stereocenters. The lowest BCUT2D eigenvalue weighted by Crippen LogP contribution is -2.49. The summed E-state index contributed by atoms with van der Waals surface area (Å²) < 4.78 is 0. The number of hydrogen-bond donors (Lipinski definition) is 0. The Morgan fingerprint density at radius 2 is 1.77 bits per heavy atom. The van der Waals surface area contributed by atoms with Gasteiger partial charge in [0, 0.05) is 51.5 Å². The van der Waals surface area contributed by atoms with Crippen molar-refractivity contribution in [2.45, 2.75) is 38.5 Å². The van der Waals surface area contributed by atoms with Crippen LogP contribution in [-0.2, 0) is 11.2 Å². The third-order valence-corrected chi connectivity index (χ3v) is 5.09. The second-order valence-electron chi connectivity index (χ2n) is 6.69. The molecule has 2 fully saturated rings. The second kappa shape index (κ2) is 7.73. The number of hydrogen-bond acceptors (Lipinski definition) is 3. The fourth-order valence-electron chi connectivity index (χ4n) is 3.70. The molecule has 1 saturated carbocycles. The molecule has 4 nitrogen and oxygen atoms in total. The maximum Gasteiger partial charge on any atom is 0.222 e. The van der Waals surface area contributed by atoms with Gasteiger partial charge in [0.2, 0.25) is 5.91 Å². The molecule has 2 heterocycles. The van der Waals surface area contributed by atoms with Crippen LogP contribution in [0.3, 0.4) is 0 Å². The van der Waals surface area contributed by atoms with Crippen LogP contribution in [0.15, 0.2) is 24.5 Å². The largest absolute Gasteiger partial charge is 0.340 e. The number of aromatic nitrogens is 1. The van der Waals surface area contributed by atoms with Crippen molar-refractivity contribution in [2.75, 3.05) is 32.7 Å². The molecule has 0 radical (unpaired) electrons. The summed E-state index contributed by atoms with van der Waals surface area (Å²) in [7, 11) is 0. The lowest BCUT2D eigenvalue weighted by molar-refractivity contribution is -0.133. The molecule has 1 aromatic heterocycles. The van der Waals surface area contributed by atoms with Crippen molar-refractivity contribution in [1.82, 2.24) is 14.8 Å². The number of piperazine rings is 1. The van der Waals surface area contributed by atoms with E-state index in [0.717, 1.165) is 38.5 Å². The van der Waals surface area contributed by atoms with Crippen LogP contribution >= 0.6 is 0 Å². The highest BCUT2D eigenvalue weighted by Crippen LogP contribution is 2.25. The molecule has 1 aromatic rings. The fraction of sp³-hybridized carbons (Fsp3) is 0.667. The van der Waals surface area contributed by atoms with E-state index in [9.17, 15) is 4.79 Å². The first-order chi connectivity index (χ1) is 10.8. The molecule has 3 rings (SSSR count). The summed E-state index contributed by atoms with van der Waals surface area (Å²) in [6.07, 6.45) is 10.7. The van der Waals surface area contributed by atoms with Crippen molar-refractivity contribution in [2.24, 2.45) is 5.92 Å². The zero-order valence-electron chi connectivity index (χ0n) is 13.4. The normalized spacial score (nSPS) is 20.5. The number of pyridine rings is 1. The summed E-state index contributed by atoms with van der Waals surface area (Å²) in [6.45, 7) is 5.16. The minimum atomic E-state index is 0.303. The molecule has 0 bridgehead atoms. The third kappa shape index (κ3) is 4.29. The molecule has 1 aliphatic heterocycles. The Morgan fingerprint density at radius 1 is 1.09 bits per heavy atom. The molecule has 0 spiro atoms. The van der Waals surface area contributed by atoms with E-state index in [1.807, 2.05) is 17.0 Å². The van der Waals surface area contributed by atoms with Gasteiger partial charge in [0.25, 0.3) is 0 Å². The van der Waals surface area contributed by atoms with E-state index in [0.29, 0.717) is 12.3 Å². The zero-order valence-corrected chi connectivity index (χ0v) is 13.4. The van der Waals surface area contributed by atoms with Crippen molar-refractivity contribution >= 4 is 5.91 Å². The first-order valence-electron chi connectivity index (χ1n) is 8.70. The van der Waals surface area contributed by atoms with Crippen molar-refractivity contribution < 1.29 is 4.79 Å². The van der Waals surface area contributed by atoms with Crippen molar-refractivity contribution in [1.29, 1.82) is 0 Å². The molecule has 1 saturated heterocycles. The van der Waals surface area contributed by atoms with Gasteiger partial charge in [0.1, 0.15) is 0 Å². The minimum Gasteiger partial charge on any atom is -0.340 e. The average molecular weight is 301 g/mol. The Bertz CT molecular complexity index is 462. The number of amides is 1. The van der Waals surface area contributed by atoms with Crippen LogP contribution in [0, 0.1) is 5.92 Å². The number of rotatable bonds is 5. The van der Waals surface area contributed by atoms with Gasteiger partial charge in [0.05, 0.1) is 0 Å². The summed E-state index contributed by atoms with van der Waals surface area (Å²) >= 11 is 0. The maximum absolute atomic E-state index is 12.3. The molecule has 120 valence electrons. The quantitative estimate of drug-likeness (QED) is 0.837. The lowest BCUT2D eigenvalue weighted by atomic mass is 10.1. The fourth-order valence-corrected chi connectivity index (χ4v) is 3.70. The monoisotopic (exact) mass is 301 g/mol. The molecular weight excluding hydrogens is 274 g/mol. The minimum absolute atomic E-state index is 0.303. The summed E-state index contributed by atoms with van der Waals surface area (Å²) in [5.41, 5.74) is 1.20. The van der Waals surface area contributed by atoms with E-state index in [-0.39, 0.29) is 0 Å². The van der Waals surface area contributed by atoms with E-state index in [1.54, 1.807) is 12.4 Å². The highest BCUT2D eigenvalue weighted by atomic mass is 16.2. The maximum atomic E-state index is 12.3. The summed E-state index contributed by atoms with van der Waals surface area (Å²) in [4.78, 5) is 20.9. The van der Waals surface area contributed by atoms with Gasteiger partial charge in [-0.15, -0.1) is 0 Å². The van der Waals surface area contributed by atoms with Gasteiger partial charge in [-0.05, 0) is 42.9 Å². The van der Waals surface area contributed by atoms with Crippen LogP contribution in [0.4, 0.5) is 0 Å². The average Bonchev–Trinajstić information content (AvgIpc) is 3.07. The number of carbonyl (C=O) groups is 1. The number of nitrogens with zero attached hydrogens (tertiary/aromatic N) is 3. The van der Waals surface area contributed by atoms with Crippen LogP contribution in [0.5, 0.6) is 0 Å². The second-order valence-corrected chi connectivity index (χ2v) is 6.69. The first-order valence-corrected chi connectivity index (χ1v) is 8.70. The Labute approximate surface area is 133 Å². The summed E-state index contributed by atoms with van der Waals surface area (Å²) in [6, 6.07) is 3.99. The summed E-state index contributed by atoms with van der Waals surface area (Å²) in [5, 5.41) is 0. The van der Waals surface area contributed by atoms with Crippen LogP contribution in [0.1, 0.15) is 37.7 Å². The zero-order chi connectivity index (χ0) is 15.2. The first kappa shape index (κ1) is 15.5. The Morgan fingerprint density at radius 3 is 2.45 bits per heavy atom. The van der Waals surface area contributed by atoms with Crippen molar-refractivity contribution in [3.63, 3.8) is 0 Å². The van der Waals surface area contributed by atoms with E-state index < -0.39 is 0 Å². The van der Waals surface area contributed by atoms with Gasteiger partial charge < -0.3 is 4.90 Å². The number of aryl methyl sites for hydroxylation is 1. The van der Waals surface area contributed by atoms with E-state index in [1.165, 1.54) is 37.8 Å². The smallest absolute Gasteiger partial charge is 0.222 e. The van der Waals surface area contributed by atoms with Crippen molar-refractivity contribution in [3.05, 3.63) is 30.1 Å². The molecule has 0 unspecified atom stereocenters. The van der Waals surface area contributed by atoms with E-state index in [2.05, 4.69) is 9.88 Å². The number of carbonyl (C=O) groups excluding carboxylic acids is 1. The highest BCUT2D eigenvalue weighted by molar-refractivity contribution is 5.76. The van der Waals surface area contributed by atoms with Gasteiger partial charge in [0.15, 0.2) is 0 Å². The molecule has 4 heteroatoms. The standard InChI is InChI=1S/C18H27N3O/c22-18(6-5-16-7-9-19-10-8-16)21-13-11-20(12-14-21)15-17-3-1-2-4-17/h7-10,17H,1-6,11-15H2. The van der Waals surface area contributed by atoms with E-state index >= 15 is 0 Å². The summed E-state index contributed by atoms with van der Waals surface area (Å²) in [5.74, 6) is 1.21. The van der Waals surface area contributed by atoms with Crippen LogP contribution in [-0.4, -0.2) is 53.4 Å². The van der Waals surface area contributed by atoms with Gasteiger partial charge in [-0.3, -0.25) is 14.7 Å². The molecule has 0 N–H and O–H groups in total. The molecule has 22 heavy (non-hydrogen) atoms. The van der Waals surface area contributed by atoms with Crippen LogP contribution in [0.25, 0.3) is 0 Å². The predicted molar refractivity (Wildman–Crippen MR) is 87.5 cm³/mol. The lowest BCUT2D eigenvalue weighted by Gasteiger charge is -2.36. The molecular formula is C18H27N3O. The van der Waals surface area contributed by atoms with Crippen LogP contribution in [0.2, 0.25) is 0 Å². The van der Waals surface area contributed by atoms with Crippen molar-refractivity contribution in [3.8, 4) is 0 Å². The predicted octanol–water partition coefficient (Wildman–Crippen LogP) is 2.35. The Balaban J connectivity index is 1.38. The van der Waals surface area contributed by atoms with Gasteiger partial charge in [-0.2, -0.15) is 0 Å². The molecule has 1 aliphatic carbocycles. The Kier molecular flexibility index (Phi) is 5.43. The molecule has 2 aliphatic rings. The van der Waals surface area contributed by atoms with Crippen LogP contribution < -0.4 is 0 Å². The van der Waals surface area contributed by atoms with Gasteiger partial charge in [-0.25, -0.2) is 0 Å². The molecule has 1 amide bonds. The third-order valence-electron chi connectivity index (χ3n) is 5.09. The Hall–Kier alpha value is -1.42. The molecule has 0 aromatic carbocycles. The van der Waals surface area contributed by atoms with E-state index in [4.69, 9.17) is 0 Å². The SMILES string of the molecule is O=C(CCc1ccncc1)N1CCN(CC2CCCC2)CC1. The van der Waals surface area contributed by atoms with Gasteiger partial charge in [-0.1, -0.05) is 12.8 Å². The topological polar surface area (TPSA) is 36.4 Å². The van der Waals surface area contributed by atoms with Gasteiger partial charge >= 0.3 is 0 Å².